The first kappa shape index (κ1) is 14.8. The highest BCUT2D eigenvalue weighted by Gasteiger charge is 2.37. The molecule has 0 bridgehead atoms. The van der Waals surface area contributed by atoms with Gasteiger partial charge in [-0.05, 0) is 47.6 Å². The van der Waals surface area contributed by atoms with E-state index in [2.05, 4.69) is 22.1 Å². The number of carbonyl (C=O) groups is 1. The highest BCUT2D eigenvalue weighted by molar-refractivity contribution is 7.07. The van der Waals surface area contributed by atoms with Crippen LogP contribution in [0.1, 0.15) is 37.7 Å². The molecule has 1 amide bonds. The van der Waals surface area contributed by atoms with Gasteiger partial charge in [-0.1, -0.05) is 12.8 Å². The third kappa shape index (κ3) is 3.50. The fraction of sp³-hybridized carbons (Fsp3) is 0.643. The van der Waals surface area contributed by atoms with Crippen molar-refractivity contribution >= 4 is 29.7 Å². The van der Waals surface area contributed by atoms with Gasteiger partial charge in [0.1, 0.15) is 0 Å². The highest BCUT2D eigenvalue weighted by Crippen LogP contribution is 2.33. The molecule has 3 unspecified atom stereocenters. The zero-order valence-corrected chi connectivity index (χ0v) is 12.6. The summed E-state index contributed by atoms with van der Waals surface area (Å²) < 4.78 is 0. The molecule has 3 nitrogen and oxygen atoms in total. The van der Waals surface area contributed by atoms with E-state index in [0.29, 0.717) is 12.6 Å². The molecule has 3 rings (SSSR count). The minimum Gasteiger partial charge on any atom is -0.351 e. The fourth-order valence-electron chi connectivity index (χ4n) is 3.23. The van der Waals surface area contributed by atoms with Gasteiger partial charge in [0.05, 0.1) is 6.04 Å². The maximum absolute atomic E-state index is 12.1. The molecule has 1 aromatic heterocycles. The molecule has 0 radical (unpaired) electrons. The highest BCUT2D eigenvalue weighted by atomic mass is 35.5. The molecule has 1 aromatic rings. The van der Waals surface area contributed by atoms with Crippen molar-refractivity contribution in [2.75, 3.05) is 0 Å². The summed E-state index contributed by atoms with van der Waals surface area (Å²) in [6.07, 6.45) is 6.23. The van der Waals surface area contributed by atoms with Gasteiger partial charge < -0.3 is 10.6 Å². The van der Waals surface area contributed by atoms with Gasteiger partial charge in [0.15, 0.2) is 0 Å². The summed E-state index contributed by atoms with van der Waals surface area (Å²) in [6, 6.07) is 2.69. The molecule has 2 aliphatic rings. The Kier molecular flexibility index (Phi) is 5.25. The summed E-state index contributed by atoms with van der Waals surface area (Å²) in [5.74, 6) is 0.909. The summed E-state index contributed by atoms with van der Waals surface area (Å²) in [5, 5.41) is 10.7. The van der Waals surface area contributed by atoms with Crippen molar-refractivity contribution in [3.05, 3.63) is 22.4 Å². The number of fused-ring (bicyclic) bond motifs is 1. The Bertz CT molecular complexity index is 396. The molecule has 1 saturated heterocycles. The third-order valence-electron chi connectivity index (χ3n) is 4.23. The molecule has 2 fully saturated rings. The van der Waals surface area contributed by atoms with E-state index in [4.69, 9.17) is 0 Å². The largest absolute Gasteiger partial charge is 0.351 e. The number of halogens is 1. The predicted molar refractivity (Wildman–Crippen MR) is 80.7 cm³/mol. The molecule has 2 heterocycles. The summed E-state index contributed by atoms with van der Waals surface area (Å²) in [5.41, 5.74) is 1.20. The van der Waals surface area contributed by atoms with Gasteiger partial charge in [0, 0.05) is 12.6 Å². The van der Waals surface area contributed by atoms with Crippen LogP contribution in [0.5, 0.6) is 0 Å². The topological polar surface area (TPSA) is 41.1 Å². The Morgan fingerprint density at radius 2 is 2.26 bits per heavy atom. The van der Waals surface area contributed by atoms with Crippen molar-refractivity contribution < 1.29 is 4.79 Å². The smallest absolute Gasteiger partial charge is 0.237 e. The van der Waals surface area contributed by atoms with Crippen LogP contribution in [-0.4, -0.2) is 18.0 Å². The van der Waals surface area contributed by atoms with E-state index in [0.717, 1.165) is 12.3 Å². The van der Waals surface area contributed by atoms with E-state index in [1.54, 1.807) is 11.3 Å². The number of nitrogens with one attached hydrogen (secondary N) is 2. The van der Waals surface area contributed by atoms with Crippen LogP contribution in [0.25, 0.3) is 0 Å². The molecule has 106 valence electrons. The lowest BCUT2D eigenvalue weighted by Crippen LogP contribution is -2.42. The van der Waals surface area contributed by atoms with Gasteiger partial charge in [-0.15, -0.1) is 12.4 Å². The summed E-state index contributed by atoms with van der Waals surface area (Å²) in [4.78, 5) is 12.1. The Hall–Kier alpha value is -0.580. The fourth-order valence-corrected chi connectivity index (χ4v) is 3.90. The molecule has 19 heavy (non-hydrogen) atoms. The SMILES string of the molecule is Cl.O=C(NCc1ccsc1)C1CC2CCCCC2N1. The lowest BCUT2D eigenvalue weighted by molar-refractivity contribution is -0.123. The molecule has 0 aromatic carbocycles. The molecule has 0 spiro atoms. The molecule has 2 N–H and O–H groups in total. The van der Waals surface area contributed by atoms with Crippen molar-refractivity contribution in [2.24, 2.45) is 5.92 Å². The standard InChI is InChI=1S/C14H20N2OS.ClH/c17-14(15-8-10-5-6-18-9-10)13-7-11-3-1-2-4-12(11)16-13;/h5-6,9,11-13,16H,1-4,7-8H2,(H,15,17);1H. The second kappa shape index (κ2) is 6.73. The minimum absolute atomic E-state index is 0. The van der Waals surface area contributed by atoms with E-state index in [-0.39, 0.29) is 24.4 Å². The van der Waals surface area contributed by atoms with Gasteiger partial charge in [0.25, 0.3) is 0 Å². The minimum atomic E-state index is 0. The van der Waals surface area contributed by atoms with E-state index in [1.807, 2.05) is 5.38 Å². The number of hydrogen-bond acceptors (Lipinski definition) is 3. The Labute approximate surface area is 124 Å². The number of thiophene rings is 1. The van der Waals surface area contributed by atoms with Crippen LogP contribution in [0, 0.1) is 5.92 Å². The zero-order chi connectivity index (χ0) is 12.4. The molecule has 5 heteroatoms. The molecular formula is C14H21ClN2OS. The Morgan fingerprint density at radius 3 is 3.00 bits per heavy atom. The van der Waals surface area contributed by atoms with Crippen molar-refractivity contribution in [3.8, 4) is 0 Å². The van der Waals surface area contributed by atoms with Crippen molar-refractivity contribution in [1.82, 2.24) is 10.6 Å². The number of hydrogen-bond donors (Lipinski definition) is 2. The number of carbonyl (C=O) groups excluding carboxylic acids is 1. The Morgan fingerprint density at radius 1 is 1.42 bits per heavy atom. The van der Waals surface area contributed by atoms with Crippen molar-refractivity contribution in [1.29, 1.82) is 0 Å². The van der Waals surface area contributed by atoms with Crippen LogP contribution < -0.4 is 10.6 Å². The van der Waals surface area contributed by atoms with Crippen LogP contribution in [0.3, 0.4) is 0 Å². The van der Waals surface area contributed by atoms with Crippen molar-refractivity contribution in [3.63, 3.8) is 0 Å². The van der Waals surface area contributed by atoms with Gasteiger partial charge in [0.2, 0.25) is 5.91 Å². The lowest BCUT2D eigenvalue weighted by atomic mass is 9.85. The average molecular weight is 301 g/mol. The van der Waals surface area contributed by atoms with Crippen LogP contribution in [0.2, 0.25) is 0 Å². The van der Waals surface area contributed by atoms with Gasteiger partial charge in [-0.2, -0.15) is 11.3 Å². The number of amides is 1. The van der Waals surface area contributed by atoms with E-state index < -0.39 is 0 Å². The van der Waals surface area contributed by atoms with Crippen LogP contribution >= 0.6 is 23.7 Å². The summed E-state index contributed by atoms with van der Waals surface area (Å²) in [6.45, 7) is 0.663. The molecule has 1 saturated carbocycles. The second-order valence-corrected chi connectivity index (χ2v) is 6.24. The Balaban J connectivity index is 0.00000133. The van der Waals surface area contributed by atoms with E-state index in [9.17, 15) is 4.79 Å². The zero-order valence-electron chi connectivity index (χ0n) is 10.9. The quantitative estimate of drug-likeness (QED) is 0.901. The molecule has 1 aliphatic carbocycles. The first-order valence-electron chi connectivity index (χ1n) is 6.88. The maximum atomic E-state index is 12.1. The van der Waals surface area contributed by atoms with Gasteiger partial charge in [-0.3, -0.25) is 4.79 Å². The monoisotopic (exact) mass is 300 g/mol. The third-order valence-corrected chi connectivity index (χ3v) is 4.96. The lowest BCUT2D eigenvalue weighted by Gasteiger charge is -2.24. The average Bonchev–Trinajstić information content (AvgIpc) is 3.04. The van der Waals surface area contributed by atoms with Gasteiger partial charge >= 0.3 is 0 Å². The van der Waals surface area contributed by atoms with E-state index in [1.165, 1.54) is 31.2 Å². The van der Waals surface area contributed by atoms with Crippen molar-refractivity contribution in [2.45, 2.75) is 50.7 Å². The van der Waals surface area contributed by atoms with Crippen LogP contribution in [0.4, 0.5) is 0 Å². The first-order valence-corrected chi connectivity index (χ1v) is 7.82. The maximum Gasteiger partial charge on any atom is 0.237 e. The predicted octanol–water partition coefficient (Wildman–Crippen LogP) is 2.71. The molecule has 3 atom stereocenters. The van der Waals surface area contributed by atoms with Crippen LogP contribution in [-0.2, 0) is 11.3 Å². The second-order valence-electron chi connectivity index (χ2n) is 5.46. The summed E-state index contributed by atoms with van der Waals surface area (Å²) >= 11 is 1.67. The summed E-state index contributed by atoms with van der Waals surface area (Å²) in [7, 11) is 0. The molecular weight excluding hydrogens is 280 g/mol. The van der Waals surface area contributed by atoms with Crippen LogP contribution in [0.15, 0.2) is 16.8 Å². The number of rotatable bonds is 3. The van der Waals surface area contributed by atoms with Gasteiger partial charge in [-0.25, -0.2) is 0 Å². The first-order chi connectivity index (χ1) is 8.83. The molecule has 1 aliphatic heterocycles. The normalized spacial score (nSPS) is 29.4. The van der Waals surface area contributed by atoms with E-state index >= 15 is 0 Å².